The van der Waals surface area contributed by atoms with E-state index in [4.69, 9.17) is 4.74 Å². The summed E-state index contributed by atoms with van der Waals surface area (Å²) in [6, 6.07) is 13.2. The second kappa shape index (κ2) is 3.27. The van der Waals surface area contributed by atoms with Gasteiger partial charge in [-0.05, 0) is 17.4 Å². The highest BCUT2D eigenvalue weighted by molar-refractivity contribution is 5.97. The highest BCUT2D eigenvalue weighted by atomic mass is 16.5. The van der Waals surface area contributed by atoms with Crippen LogP contribution < -0.4 is 4.90 Å². The molecule has 2 aromatic rings. The lowest BCUT2D eigenvalue weighted by Gasteiger charge is -2.26. The van der Waals surface area contributed by atoms with Crippen molar-refractivity contribution in [3.05, 3.63) is 42.0 Å². The average Bonchev–Trinajstić information content (AvgIpc) is 2.87. The van der Waals surface area contributed by atoms with Crippen LogP contribution >= 0.6 is 0 Å². The first-order chi connectivity index (χ1) is 8.72. The number of nitrogens with zero attached hydrogens (tertiary/aromatic N) is 1. The lowest BCUT2D eigenvalue weighted by Crippen LogP contribution is -2.37. The van der Waals surface area contributed by atoms with Crippen molar-refractivity contribution in [2.45, 2.75) is 25.0 Å². The summed E-state index contributed by atoms with van der Waals surface area (Å²) in [6.07, 6.45) is 1.33. The molecule has 0 saturated carbocycles. The number of fused-ring (bicyclic) bond motifs is 5. The van der Waals surface area contributed by atoms with E-state index < -0.39 is 0 Å². The van der Waals surface area contributed by atoms with Crippen LogP contribution in [-0.2, 0) is 10.2 Å². The molecule has 2 heteroatoms. The quantitative estimate of drug-likeness (QED) is 0.699. The monoisotopic (exact) mass is 239 g/mol. The maximum Gasteiger partial charge on any atom is 0.139 e. The van der Waals surface area contributed by atoms with Gasteiger partial charge in [-0.25, -0.2) is 0 Å². The standard InChI is InChI=1S/C16H17NO/c1-16-9-10-18-15(16)17(2)14-12-6-4-3-5-11(12)7-8-13(14)16/h3-8,15H,9-10H2,1-2H3. The normalized spacial score (nSPS) is 29.7. The van der Waals surface area contributed by atoms with E-state index in [1.54, 1.807) is 0 Å². The number of ether oxygens (including phenoxy) is 1. The van der Waals surface area contributed by atoms with Gasteiger partial charge in [0.15, 0.2) is 0 Å². The van der Waals surface area contributed by atoms with Crippen LogP contribution in [0.5, 0.6) is 0 Å². The van der Waals surface area contributed by atoms with E-state index in [1.165, 1.54) is 22.0 Å². The van der Waals surface area contributed by atoms with E-state index in [2.05, 4.69) is 55.3 Å². The minimum atomic E-state index is 0.161. The zero-order valence-corrected chi connectivity index (χ0v) is 10.8. The molecule has 2 atom stereocenters. The summed E-state index contributed by atoms with van der Waals surface area (Å²) < 4.78 is 5.95. The molecule has 0 N–H and O–H groups in total. The maximum atomic E-state index is 5.95. The average molecular weight is 239 g/mol. The number of hydrogen-bond donors (Lipinski definition) is 0. The molecule has 2 nitrogen and oxygen atoms in total. The number of rotatable bonds is 0. The van der Waals surface area contributed by atoms with Gasteiger partial charge in [-0.15, -0.1) is 0 Å². The van der Waals surface area contributed by atoms with Crippen molar-refractivity contribution >= 4 is 16.5 Å². The first-order valence-electron chi connectivity index (χ1n) is 6.58. The van der Waals surface area contributed by atoms with Crippen molar-refractivity contribution in [2.75, 3.05) is 18.6 Å². The van der Waals surface area contributed by atoms with Crippen molar-refractivity contribution in [2.24, 2.45) is 0 Å². The summed E-state index contributed by atoms with van der Waals surface area (Å²) in [5.41, 5.74) is 2.97. The fraction of sp³-hybridized carbons (Fsp3) is 0.375. The highest BCUT2D eigenvalue weighted by Crippen LogP contribution is 2.52. The van der Waals surface area contributed by atoms with Gasteiger partial charge in [0.1, 0.15) is 6.23 Å². The summed E-state index contributed by atoms with van der Waals surface area (Å²) in [6.45, 7) is 3.21. The first-order valence-corrected chi connectivity index (χ1v) is 6.58. The van der Waals surface area contributed by atoms with E-state index in [1.807, 2.05) is 0 Å². The minimum absolute atomic E-state index is 0.161. The van der Waals surface area contributed by atoms with Gasteiger partial charge in [0, 0.05) is 17.8 Å². The van der Waals surface area contributed by atoms with Crippen LogP contribution in [0.1, 0.15) is 18.9 Å². The Balaban J connectivity index is 2.07. The number of benzene rings is 2. The number of hydrogen-bond acceptors (Lipinski definition) is 2. The lowest BCUT2D eigenvalue weighted by molar-refractivity contribution is 0.0921. The predicted molar refractivity (Wildman–Crippen MR) is 74.1 cm³/mol. The van der Waals surface area contributed by atoms with Crippen molar-refractivity contribution in [3.63, 3.8) is 0 Å². The third-order valence-corrected chi connectivity index (χ3v) is 4.66. The Morgan fingerprint density at radius 2 is 2.06 bits per heavy atom. The van der Waals surface area contributed by atoms with Crippen molar-refractivity contribution < 1.29 is 4.74 Å². The van der Waals surface area contributed by atoms with Crippen LogP contribution in [-0.4, -0.2) is 19.9 Å². The molecule has 2 unspecified atom stereocenters. The molecule has 0 radical (unpaired) electrons. The van der Waals surface area contributed by atoms with Crippen LogP contribution in [0.15, 0.2) is 36.4 Å². The molecule has 1 saturated heterocycles. The molecule has 2 aromatic carbocycles. The van der Waals surface area contributed by atoms with Gasteiger partial charge in [-0.2, -0.15) is 0 Å². The molecule has 2 aliphatic heterocycles. The molecule has 18 heavy (non-hydrogen) atoms. The summed E-state index contributed by atoms with van der Waals surface area (Å²) >= 11 is 0. The SMILES string of the molecule is CN1c2c(ccc3ccccc23)C2(C)CCOC12. The summed E-state index contributed by atoms with van der Waals surface area (Å²) in [5, 5.41) is 2.66. The zero-order valence-electron chi connectivity index (χ0n) is 10.8. The molecule has 0 amide bonds. The lowest BCUT2D eigenvalue weighted by atomic mass is 9.81. The van der Waals surface area contributed by atoms with Crippen molar-refractivity contribution in [1.29, 1.82) is 0 Å². The number of likely N-dealkylation sites (N-methyl/N-ethyl adjacent to an activating group) is 1. The molecule has 0 spiro atoms. The van der Waals surface area contributed by atoms with Crippen LogP contribution in [0, 0.1) is 0 Å². The first kappa shape index (κ1) is 10.4. The van der Waals surface area contributed by atoms with Crippen LogP contribution in [0.3, 0.4) is 0 Å². The minimum Gasteiger partial charge on any atom is -0.357 e. The van der Waals surface area contributed by atoms with Gasteiger partial charge >= 0.3 is 0 Å². The fourth-order valence-electron chi connectivity index (χ4n) is 3.71. The summed E-state index contributed by atoms with van der Waals surface area (Å²) in [4.78, 5) is 2.32. The smallest absolute Gasteiger partial charge is 0.139 e. The van der Waals surface area contributed by atoms with Crippen LogP contribution in [0.2, 0.25) is 0 Å². The Morgan fingerprint density at radius 3 is 2.94 bits per heavy atom. The van der Waals surface area contributed by atoms with Gasteiger partial charge < -0.3 is 9.64 Å². The van der Waals surface area contributed by atoms with E-state index in [0.717, 1.165) is 13.0 Å². The largest absolute Gasteiger partial charge is 0.357 e. The highest BCUT2D eigenvalue weighted by Gasteiger charge is 2.51. The van der Waals surface area contributed by atoms with Gasteiger partial charge in [0.25, 0.3) is 0 Å². The molecule has 2 aliphatic rings. The van der Waals surface area contributed by atoms with Crippen molar-refractivity contribution in [1.82, 2.24) is 0 Å². The van der Waals surface area contributed by atoms with E-state index >= 15 is 0 Å². The van der Waals surface area contributed by atoms with Crippen LogP contribution in [0.4, 0.5) is 5.69 Å². The summed E-state index contributed by atoms with van der Waals surface area (Å²) in [7, 11) is 2.16. The molecule has 2 heterocycles. The Morgan fingerprint density at radius 1 is 1.22 bits per heavy atom. The Bertz CT molecular complexity index is 636. The van der Waals surface area contributed by atoms with E-state index in [9.17, 15) is 0 Å². The zero-order chi connectivity index (χ0) is 12.3. The Hall–Kier alpha value is -1.54. The summed E-state index contributed by atoms with van der Waals surface area (Å²) in [5.74, 6) is 0. The van der Waals surface area contributed by atoms with Crippen molar-refractivity contribution in [3.8, 4) is 0 Å². The fourth-order valence-corrected chi connectivity index (χ4v) is 3.71. The third-order valence-electron chi connectivity index (χ3n) is 4.66. The van der Waals surface area contributed by atoms with Gasteiger partial charge in [0.05, 0.1) is 12.3 Å². The van der Waals surface area contributed by atoms with Gasteiger partial charge in [0.2, 0.25) is 0 Å². The second-order valence-corrected chi connectivity index (χ2v) is 5.68. The molecule has 92 valence electrons. The molecule has 4 rings (SSSR count). The topological polar surface area (TPSA) is 12.5 Å². The molecular weight excluding hydrogens is 222 g/mol. The molecule has 1 fully saturated rings. The third kappa shape index (κ3) is 1.07. The van der Waals surface area contributed by atoms with Gasteiger partial charge in [-0.1, -0.05) is 43.3 Å². The Labute approximate surface area is 107 Å². The predicted octanol–water partition coefficient (Wildman–Crippen LogP) is 3.29. The van der Waals surface area contributed by atoms with Crippen LogP contribution in [0.25, 0.3) is 10.8 Å². The van der Waals surface area contributed by atoms with Gasteiger partial charge in [-0.3, -0.25) is 0 Å². The Kier molecular flexibility index (Phi) is 1.89. The maximum absolute atomic E-state index is 5.95. The molecule has 0 aliphatic carbocycles. The molecular formula is C16H17NO. The van der Waals surface area contributed by atoms with E-state index in [-0.39, 0.29) is 11.6 Å². The molecule has 0 aromatic heterocycles. The second-order valence-electron chi connectivity index (χ2n) is 5.68. The number of anilines is 1. The van der Waals surface area contributed by atoms with E-state index in [0.29, 0.717) is 0 Å². The molecule has 0 bridgehead atoms.